The Morgan fingerprint density at radius 3 is 2.50 bits per heavy atom. The van der Waals surface area contributed by atoms with Crippen molar-refractivity contribution in [2.24, 2.45) is 0 Å². The Labute approximate surface area is 238 Å². The Kier molecular flexibility index (Phi) is 8.40. The maximum Gasteiger partial charge on any atom is 0.274 e. The van der Waals surface area contributed by atoms with Crippen LogP contribution >= 0.6 is 11.6 Å². The van der Waals surface area contributed by atoms with E-state index in [0.717, 1.165) is 48.5 Å². The van der Waals surface area contributed by atoms with E-state index in [4.69, 9.17) is 16.6 Å². The highest BCUT2D eigenvalue weighted by molar-refractivity contribution is 6.30. The maximum absolute atomic E-state index is 14.1. The summed E-state index contributed by atoms with van der Waals surface area (Å²) in [5.74, 6) is -1.70. The molecule has 7 nitrogen and oxygen atoms in total. The normalized spacial score (nSPS) is 15.2. The van der Waals surface area contributed by atoms with Crippen molar-refractivity contribution in [3.63, 3.8) is 0 Å². The van der Waals surface area contributed by atoms with E-state index in [9.17, 15) is 18.4 Å². The molecule has 0 atom stereocenters. The molecule has 2 aliphatic heterocycles. The van der Waals surface area contributed by atoms with Crippen molar-refractivity contribution >= 4 is 34.9 Å². The smallest absolute Gasteiger partial charge is 0.274 e. The number of fused-ring (bicyclic) bond motifs is 1. The molecule has 1 fully saturated rings. The number of hydrogen-bond donors (Lipinski definition) is 0. The number of amides is 2. The number of benzene rings is 2. The van der Waals surface area contributed by atoms with E-state index >= 15 is 0 Å². The second kappa shape index (κ2) is 12.0. The molecule has 5 rings (SSSR count). The zero-order valence-electron chi connectivity index (χ0n) is 22.9. The minimum absolute atomic E-state index is 0.0184. The number of nitrogens with zero attached hydrogens (tertiary/aromatic N) is 5. The summed E-state index contributed by atoms with van der Waals surface area (Å²) in [6.07, 6.45) is 4.06. The van der Waals surface area contributed by atoms with Crippen molar-refractivity contribution in [1.29, 1.82) is 0 Å². The average Bonchev–Trinajstić information content (AvgIpc) is 3.35. The monoisotopic (exact) mass is 569 g/mol. The third kappa shape index (κ3) is 5.57. The molecule has 2 aromatic carbocycles. The number of aromatic nitrogens is 2. The van der Waals surface area contributed by atoms with Crippen LogP contribution in [0.15, 0.2) is 36.4 Å². The maximum atomic E-state index is 14.1. The molecular weight excluding hydrogens is 536 g/mol. The number of anilines is 2. The van der Waals surface area contributed by atoms with Gasteiger partial charge in [0.1, 0.15) is 5.82 Å². The summed E-state index contributed by atoms with van der Waals surface area (Å²) in [5, 5.41) is 0.674. The van der Waals surface area contributed by atoms with Crippen molar-refractivity contribution in [2.75, 3.05) is 42.5 Å². The van der Waals surface area contributed by atoms with Crippen molar-refractivity contribution < 1.29 is 18.4 Å². The summed E-state index contributed by atoms with van der Waals surface area (Å²) >= 11 is 6.25. The molecule has 0 N–H and O–H groups in total. The second-order valence-corrected chi connectivity index (χ2v) is 10.9. The standard InChI is InChI=1S/C30H34ClF2N5O2/c1-3-4-12-38(29(39)21-9-11-23(32)24(33)18-21)28-27(37-13-6-5-7-26(37)34-28)30(40)36-16-14-35(15-17-36)25-19-22(31)10-8-20(25)2/h8-11,18-19H,3-7,12-17H2,1-2H3. The van der Waals surface area contributed by atoms with E-state index in [1.165, 1.54) is 11.0 Å². The molecule has 0 saturated carbocycles. The first kappa shape index (κ1) is 28.1. The highest BCUT2D eigenvalue weighted by Gasteiger charge is 2.34. The fourth-order valence-corrected chi connectivity index (χ4v) is 5.66. The first-order valence-corrected chi connectivity index (χ1v) is 14.3. The number of rotatable bonds is 7. The first-order chi connectivity index (χ1) is 19.3. The number of carbonyl (C=O) groups excluding carboxylic acids is 2. The molecular formula is C30H34ClF2N5O2. The largest absolute Gasteiger partial charge is 0.368 e. The van der Waals surface area contributed by atoms with Crippen LogP contribution in [0.4, 0.5) is 20.3 Å². The lowest BCUT2D eigenvalue weighted by atomic mass is 10.1. The molecule has 3 aromatic rings. The zero-order chi connectivity index (χ0) is 28.4. The van der Waals surface area contributed by atoms with E-state index in [2.05, 4.69) is 4.90 Å². The Morgan fingerprint density at radius 1 is 1.00 bits per heavy atom. The van der Waals surface area contributed by atoms with Gasteiger partial charge in [0.25, 0.3) is 11.8 Å². The minimum atomic E-state index is -1.09. The van der Waals surface area contributed by atoms with Gasteiger partial charge in [-0.3, -0.25) is 14.5 Å². The topological polar surface area (TPSA) is 61.7 Å². The van der Waals surface area contributed by atoms with Crippen LogP contribution in [0.5, 0.6) is 0 Å². The highest BCUT2D eigenvalue weighted by Crippen LogP contribution is 2.31. The average molecular weight is 570 g/mol. The third-order valence-electron chi connectivity index (χ3n) is 7.74. The van der Waals surface area contributed by atoms with Crippen LogP contribution in [-0.4, -0.2) is 59.0 Å². The molecule has 0 unspecified atom stereocenters. The summed E-state index contributed by atoms with van der Waals surface area (Å²) in [6, 6.07) is 8.95. The van der Waals surface area contributed by atoms with Gasteiger partial charge < -0.3 is 14.4 Å². The number of aryl methyl sites for hydroxylation is 2. The Hall–Kier alpha value is -3.46. The van der Waals surface area contributed by atoms with Crippen molar-refractivity contribution in [2.45, 2.75) is 52.5 Å². The molecule has 10 heteroatoms. The van der Waals surface area contributed by atoms with E-state index in [1.807, 2.05) is 41.5 Å². The van der Waals surface area contributed by atoms with Gasteiger partial charge in [0.05, 0.1) is 0 Å². The van der Waals surface area contributed by atoms with Crippen molar-refractivity contribution in [3.8, 4) is 0 Å². The van der Waals surface area contributed by atoms with Crippen molar-refractivity contribution in [3.05, 3.63) is 75.7 Å². The summed E-state index contributed by atoms with van der Waals surface area (Å²) in [4.78, 5) is 38.2. The number of carbonyl (C=O) groups is 2. The van der Waals surface area contributed by atoms with Crippen LogP contribution in [0.1, 0.15) is 64.8 Å². The molecule has 0 spiro atoms. The molecule has 0 radical (unpaired) electrons. The van der Waals surface area contributed by atoms with E-state index in [0.29, 0.717) is 68.6 Å². The molecule has 1 aromatic heterocycles. The van der Waals surface area contributed by atoms with Crippen LogP contribution in [-0.2, 0) is 13.0 Å². The van der Waals surface area contributed by atoms with Gasteiger partial charge in [-0.05, 0) is 62.1 Å². The fraction of sp³-hybridized carbons (Fsp3) is 0.433. The molecule has 1 saturated heterocycles. The van der Waals surface area contributed by atoms with Gasteiger partial charge >= 0.3 is 0 Å². The van der Waals surface area contributed by atoms with Crippen LogP contribution in [0, 0.1) is 18.6 Å². The molecule has 0 bridgehead atoms. The zero-order valence-corrected chi connectivity index (χ0v) is 23.7. The Bertz CT molecular complexity index is 1420. The summed E-state index contributed by atoms with van der Waals surface area (Å²) in [5.41, 5.74) is 2.60. The molecule has 2 amide bonds. The summed E-state index contributed by atoms with van der Waals surface area (Å²) < 4.78 is 29.6. The van der Waals surface area contributed by atoms with E-state index in [1.54, 1.807) is 0 Å². The minimum Gasteiger partial charge on any atom is -0.368 e. The number of halogens is 3. The Morgan fingerprint density at radius 2 is 1.77 bits per heavy atom. The molecule has 40 heavy (non-hydrogen) atoms. The molecule has 0 aliphatic carbocycles. The highest BCUT2D eigenvalue weighted by atomic mass is 35.5. The predicted octanol–water partition coefficient (Wildman–Crippen LogP) is 5.87. The lowest BCUT2D eigenvalue weighted by molar-refractivity contribution is 0.0735. The molecule has 3 heterocycles. The quantitative estimate of drug-likeness (QED) is 0.357. The summed E-state index contributed by atoms with van der Waals surface area (Å²) in [7, 11) is 0. The number of hydrogen-bond acceptors (Lipinski definition) is 4. The van der Waals surface area contributed by atoms with Crippen molar-refractivity contribution in [1.82, 2.24) is 14.5 Å². The van der Waals surface area contributed by atoms with Gasteiger partial charge in [-0.25, -0.2) is 13.8 Å². The molecule has 2 aliphatic rings. The van der Waals surface area contributed by atoms with Crippen LogP contribution in [0.2, 0.25) is 5.02 Å². The first-order valence-electron chi connectivity index (χ1n) is 13.9. The SMILES string of the molecule is CCCCN(C(=O)c1ccc(F)c(F)c1)c1nc2n(c1C(=O)N1CCN(c3cc(Cl)ccc3C)CC1)CCCC2. The van der Waals surface area contributed by atoms with Gasteiger partial charge in [-0.1, -0.05) is 31.0 Å². The van der Waals surface area contributed by atoms with E-state index in [-0.39, 0.29) is 11.5 Å². The van der Waals surface area contributed by atoms with Crippen LogP contribution in [0.3, 0.4) is 0 Å². The predicted molar refractivity (Wildman–Crippen MR) is 152 cm³/mol. The summed E-state index contributed by atoms with van der Waals surface area (Å²) in [6.45, 7) is 7.33. The van der Waals surface area contributed by atoms with E-state index < -0.39 is 17.5 Å². The van der Waals surface area contributed by atoms with Crippen LogP contribution in [0.25, 0.3) is 0 Å². The number of piperazine rings is 1. The van der Waals surface area contributed by atoms with Crippen LogP contribution < -0.4 is 9.80 Å². The third-order valence-corrected chi connectivity index (χ3v) is 7.98. The van der Waals surface area contributed by atoms with Gasteiger partial charge in [0.15, 0.2) is 23.1 Å². The fourth-order valence-electron chi connectivity index (χ4n) is 5.50. The lowest BCUT2D eigenvalue weighted by Crippen LogP contribution is -2.49. The number of unbranched alkanes of at least 4 members (excludes halogenated alkanes) is 1. The van der Waals surface area contributed by atoms with Gasteiger partial charge in [0.2, 0.25) is 0 Å². The van der Waals surface area contributed by atoms with Gasteiger partial charge in [-0.15, -0.1) is 0 Å². The van der Waals surface area contributed by atoms with Gasteiger partial charge in [-0.2, -0.15) is 0 Å². The lowest BCUT2D eigenvalue weighted by Gasteiger charge is -2.37. The number of imidazole rings is 1. The molecule has 212 valence electrons. The Balaban J connectivity index is 1.46. The second-order valence-electron chi connectivity index (χ2n) is 10.5. The van der Waals surface area contributed by atoms with Gasteiger partial charge in [0, 0.05) is 62.0 Å².